The summed E-state index contributed by atoms with van der Waals surface area (Å²) in [5.74, 6) is 0. The summed E-state index contributed by atoms with van der Waals surface area (Å²) >= 11 is 0. The van der Waals surface area contributed by atoms with Crippen LogP contribution >= 0.6 is 0 Å². The highest BCUT2D eigenvalue weighted by molar-refractivity contribution is 7.90. The zero-order valence-electron chi connectivity index (χ0n) is 9.81. The molecule has 1 unspecified atom stereocenters. The zero-order chi connectivity index (χ0) is 12.5. The Morgan fingerprint density at radius 2 is 1.94 bits per heavy atom. The van der Waals surface area contributed by atoms with Crippen molar-refractivity contribution in [3.8, 4) is 0 Å². The molecule has 17 heavy (non-hydrogen) atoms. The number of sulfone groups is 1. The molecule has 0 spiro atoms. The molecule has 1 aromatic carbocycles. The fourth-order valence-corrected chi connectivity index (χ4v) is 2.78. The van der Waals surface area contributed by atoms with E-state index in [4.69, 9.17) is 0 Å². The van der Waals surface area contributed by atoms with Crippen molar-refractivity contribution in [2.45, 2.75) is 23.3 Å². The SMILES string of the molecule is CS(=O)(=O)c1ccc(C2(O)CCCNC2)cc1. The summed E-state index contributed by atoms with van der Waals surface area (Å²) in [6.45, 7) is 1.44. The van der Waals surface area contributed by atoms with Crippen LogP contribution in [-0.4, -0.2) is 32.9 Å². The number of hydrogen-bond donors (Lipinski definition) is 2. The average molecular weight is 255 g/mol. The molecule has 94 valence electrons. The van der Waals surface area contributed by atoms with E-state index in [1.165, 1.54) is 6.26 Å². The number of rotatable bonds is 2. The van der Waals surface area contributed by atoms with Crippen LogP contribution in [0.4, 0.5) is 0 Å². The maximum Gasteiger partial charge on any atom is 0.175 e. The molecule has 1 saturated heterocycles. The second kappa shape index (κ2) is 4.40. The van der Waals surface area contributed by atoms with E-state index in [1.54, 1.807) is 24.3 Å². The lowest BCUT2D eigenvalue weighted by Crippen LogP contribution is -2.43. The predicted molar refractivity (Wildman–Crippen MR) is 65.6 cm³/mol. The molecule has 1 aromatic rings. The Balaban J connectivity index is 2.29. The van der Waals surface area contributed by atoms with E-state index < -0.39 is 15.4 Å². The van der Waals surface area contributed by atoms with Crippen molar-refractivity contribution in [1.82, 2.24) is 5.32 Å². The topological polar surface area (TPSA) is 66.4 Å². The number of β-amino-alcohol motifs (C(OH)–C–C–N with tert-alkyl or cyclic N) is 1. The first-order valence-electron chi connectivity index (χ1n) is 5.65. The van der Waals surface area contributed by atoms with Crippen LogP contribution in [0.25, 0.3) is 0 Å². The van der Waals surface area contributed by atoms with Crippen molar-refractivity contribution in [3.05, 3.63) is 29.8 Å². The third-order valence-electron chi connectivity index (χ3n) is 3.18. The molecule has 2 rings (SSSR count). The van der Waals surface area contributed by atoms with Crippen LogP contribution in [0.1, 0.15) is 18.4 Å². The van der Waals surface area contributed by atoms with Gasteiger partial charge in [0.2, 0.25) is 0 Å². The van der Waals surface area contributed by atoms with E-state index in [2.05, 4.69) is 5.32 Å². The van der Waals surface area contributed by atoms with Gasteiger partial charge >= 0.3 is 0 Å². The Bertz CT molecular complexity index is 487. The first-order valence-corrected chi connectivity index (χ1v) is 7.55. The molecule has 4 nitrogen and oxygen atoms in total. The third kappa shape index (κ3) is 2.68. The summed E-state index contributed by atoms with van der Waals surface area (Å²) in [7, 11) is -3.17. The summed E-state index contributed by atoms with van der Waals surface area (Å²) in [4.78, 5) is 0.286. The van der Waals surface area contributed by atoms with E-state index in [0.29, 0.717) is 13.0 Å². The minimum absolute atomic E-state index is 0.286. The van der Waals surface area contributed by atoms with Gasteiger partial charge in [-0.2, -0.15) is 0 Å². The highest BCUT2D eigenvalue weighted by Gasteiger charge is 2.31. The Labute approximate surface area is 102 Å². The van der Waals surface area contributed by atoms with Crippen molar-refractivity contribution in [2.24, 2.45) is 0 Å². The number of aliphatic hydroxyl groups is 1. The standard InChI is InChI=1S/C12H17NO3S/c1-17(15,16)11-5-3-10(4-6-11)12(14)7-2-8-13-9-12/h3-6,13-14H,2,7-9H2,1H3. The number of nitrogens with one attached hydrogen (secondary N) is 1. The first kappa shape index (κ1) is 12.5. The summed E-state index contributed by atoms with van der Waals surface area (Å²) in [6.07, 6.45) is 2.81. The fourth-order valence-electron chi connectivity index (χ4n) is 2.15. The maximum atomic E-state index is 11.3. The number of benzene rings is 1. The van der Waals surface area contributed by atoms with Crippen LogP contribution < -0.4 is 5.32 Å². The molecule has 0 radical (unpaired) electrons. The lowest BCUT2D eigenvalue weighted by molar-refractivity contribution is 0.0122. The molecule has 2 N–H and O–H groups in total. The molecule has 0 amide bonds. The van der Waals surface area contributed by atoms with Gasteiger partial charge in [-0.25, -0.2) is 8.42 Å². The second-order valence-corrected chi connectivity index (χ2v) is 6.62. The summed E-state index contributed by atoms with van der Waals surface area (Å²) < 4.78 is 22.7. The molecular weight excluding hydrogens is 238 g/mol. The molecule has 1 atom stereocenters. The largest absolute Gasteiger partial charge is 0.384 e. The molecule has 0 bridgehead atoms. The van der Waals surface area contributed by atoms with Crippen LogP contribution in [0.15, 0.2) is 29.2 Å². The summed E-state index contributed by atoms with van der Waals surface area (Å²) in [5.41, 5.74) is -0.0917. The van der Waals surface area contributed by atoms with Crippen LogP contribution in [0, 0.1) is 0 Å². The molecule has 1 heterocycles. The monoisotopic (exact) mass is 255 g/mol. The maximum absolute atomic E-state index is 11.3. The lowest BCUT2D eigenvalue weighted by Gasteiger charge is -2.33. The molecule has 0 aliphatic carbocycles. The van der Waals surface area contributed by atoms with Gasteiger partial charge in [0.05, 0.1) is 4.90 Å². The molecule has 5 heteroatoms. The first-order chi connectivity index (χ1) is 7.92. The lowest BCUT2D eigenvalue weighted by atomic mass is 9.87. The van der Waals surface area contributed by atoms with Gasteiger partial charge < -0.3 is 10.4 Å². The van der Waals surface area contributed by atoms with Gasteiger partial charge in [-0.1, -0.05) is 12.1 Å². The van der Waals surface area contributed by atoms with Crippen molar-refractivity contribution in [1.29, 1.82) is 0 Å². The Hall–Kier alpha value is -0.910. The molecule has 1 aliphatic rings. The van der Waals surface area contributed by atoms with Gasteiger partial charge in [0, 0.05) is 12.8 Å². The van der Waals surface area contributed by atoms with Crippen LogP contribution in [0.3, 0.4) is 0 Å². The average Bonchev–Trinajstić information content (AvgIpc) is 2.29. The van der Waals surface area contributed by atoms with E-state index in [0.717, 1.165) is 18.5 Å². The Morgan fingerprint density at radius 1 is 1.29 bits per heavy atom. The van der Waals surface area contributed by atoms with Crippen molar-refractivity contribution in [3.63, 3.8) is 0 Å². The predicted octanol–water partition coefficient (Wildman–Crippen LogP) is 0.661. The van der Waals surface area contributed by atoms with Gasteiger partial charge in [0.1, 0.15) is 5.60 Å². The summed E-state index contributed by atoms with van der Waals surface area (Å²) in [6, 6.07) is 6.50. The van der Waals surface area contributed by atoms with E-state index in [-0.39, 0.29) is 4.90 Å². The number of piperidine rings is 1. The van der Waals surface area contributed by atoms with Crippen molar-refractivity contribution < 1.29 is 13.5 Å². The molecule has 1 fully saturated rings. The van der Waals surface area contributed by atoms with Crippen LogP contribution in [0.2, 0.25) is 0 Å². The second-order valence-electron chi connectivity index (χ2n) is 4.61. The molecule has 0 saturated carbocycles. The Morgan fingerprint density at radius 3 is 2.41 bits per heavy atom. The fraction of sp³-hybridized carbons (Fsp3) is 0.500. The summed E-state index contributed by atoms with van der Waals surface area (Å²) in [5, 5.41) is 13.6. The quantitative estimate of drug-likeness (QED) is 0.815. The smallest absolute Gasteiger partial charge is 0.175 e. The van der Waals surface area contributed by atoms with Crippen molar-refractivity contribution in [2.75, 3.05) is 19.3 Å². The van der Waals surface area contributed by atoms with Gasteiger partial charge in [-0.15, -0.1) is 0 Å². The molecule has 1 aliphatic heterocycles. The molecule has 0 aromatic heterocycles. The minimum Gasteiger partial charge on any atom is -0.384 e. The van der Waals surface area contributed by atoms with Crippen LogP contribution in [0.5, 0.6) is 0 Å². The molecular formula is C12H17NO3S. The van der Waals surface area contributed by atoms with E-state index >= 15 is 0 Å². The highest BCUT2D eigenvalue weighted by Crippen LogP contribution is 2.28. The van der Waals surface area contributed by atoms with Gasteiger partial charge in [0.25, 0.3) is 0 Å². The third-order valence-corrected chi connectivity index (χ3v) is 4.31. The highest BCUT2D eigenvalue weighted by atomic mass is 32.2. The van der Waals surface area contributed by atoms with E-state index in [9.17, 15) is 13.5 Å². The van der Waals surface area contributed by atoms with Gasteiger partial charge in [-0.05, 0) is 37.1 Å². The van der Waals surface area contributed by atoms with Crippen LogP contribution in [-0.2, 0) is 15.4 Å². The zero-order valence-corrected chi connectivity index (χ0v) is 10.6. The normalized spacial score (nSPS) is 25.8. The van der Waals surface area contributed by atoms with Crippen molar-refractivity contribution >= 4 is 9.84 Å². The Kier molecular flexibility index (Phi) is 3.25. The van der Waals surface area contributed by atoms with Gasteiger partial charge in [0.15, 0.2) is 9.84 Å². The van der Waals surface area contributed by atoms with Gasteiger partial charge in [-0.3, -0.25) is 0 Å². The van der Waals surface area contributed by atoms with E-state index in [1.807, 2.05) is 0 Å². The number of hydrogen-bond acceptors (Lipinski definition) is 4. The minimum atomic E-state index is -3.17.